The second-order valence-electron chi connectivity index (χ2n) is 6.65. The zero-order chi connectivity index (χ0) is 20.5. The largest absolute Gasteiger partial charge is 0.392 e. The highest BCUT2D eigenvalue weighted by Gasteiger charge is 2.21. The molecule has 29 heavy (non-hydrogen) atoms. The number of nitrogens with one attached hydrogen (secondary N) is 2. The molecule has 2 aromatic carbocycles. The number of aliphatic hydroxyl groups excluding tert-OH is 1. The van der Waals surface area contributed by atoms with Crippen molar-refractivity contribution in [2.45, 2.75) is 12.9 Å². The van der Waals surface area contributed by atoms with Crippen molar-refractivity contribution >= 4 is 40.9 Å². The fourth-order valence-corrected chi connectivity index (χ4v) is 3.89. The van der Waals surface area contributed by atoms with E-state index in [1.165, 1.54) is 4.57 Å². The fraction of sp³-hybridized carbons (Fsp3) is 0.143. The molecule has 0 fully saturated rings. The van der Waals surface area contributed by atoms with Crippen molar-refractivity contribution in [3.8, 4) is 11.1 Å². The van der Waals surface area contributed by atoms with Gasteiger partial charge >= 0.3 is 0 Å². The van der Waals surface area contributed by atoms with Crippen molar-refractivity contribution in [1.82, 2.24) is 4.57 Å². The molecule has 1 aromatic heterocycles. The maximum Gasteiger partial charge on any atom is 0.259 e. The van der Waals surface area contributed by atoms with Crippen LogP contribution in [0.5, 0.6) is 0 Å². The van der Waals surface area contributed by atoms with Crippen LogP contribution < -0.4 is 16.2 Å². The van der Waals surface area contributed by atoms with Gasteiger partial charge in [0.1, 0.15) is 5.82 Å². The standard InChI is InChI=1S/C21H18Cl2N4O2/c1-27-19-13(9-15(20(27)29)18-16(22)6-3-7-17(18)23)10-24-21(26-19)25-14-5-2-4-12(8-14)11-28/h2-10,21,25-26,28H,11H2,1H3. The summed E-state index contributed by atoms with van der Waals surface area (Å²) in [7, 11) is 1.69. The number of aromatic nitrogens is 1. The number of anilines is 2. The summed E-state index contributed by atoms with van der Waals surface area (Å²) in [5, 5.41) is 16.6. The van der Waals surface area contributed by atoms with Crippen LogP contribution in [0.2, 0.25) is 10.0 Å². The van der Waals surface area contributed by atoms with E-state index in [0.717, 1.165) is 16.8 Å². The molecule has 4 rings (SSSR count). The second-order valence-corrected chi connectivity index (χ2v) is 7.47. The molecule has 1 aliphatic heterocycles. The van der Waals surface area contributed by atoms with Crippen molar-refractivity contribution < 1.29 is 5.11 Å². The summed E-state index contributed by atoms with van der Waals surface area (Å²) in [6.07, 6.45) is 1.24. The first-order valence-electron chi connectivity index (χ1n) is 8.92. The Morgan fingerprint density at radius 1 is 1.17 bits per heavy atom. The Morgan fingerprint density at radius 2 is 1.90 bits per heavy atom. The lowest BCUT2D eigenvalue weighted by atomic mass is 10.0. The van der Waals surface area contributed by atoms with Gasteiger partial charge in [0.05, 0.1) is 22.2 Å². The summed E-state index contributed by atoms with van der Waals surface area (Å²) in [5.74, 6) is 0.632. The van der Waals surface area contributed by atoms with Crippen molar-refractivity contribution in [1.29, 1.82) is 0 Å². The van der Waals surface area contributed by atoms with Crippen LogP contribution in [0, 0.1) is 0 Å². The molecule has 1 aliphatic rings. The highest BCUT2D eigenvalue weighted by Crippen LogP contribution is 2.34. The molecule has 0 amide bonds. The van der Waals surface area contributed by atoms with E-state index in [-0.39, 0.29) is 12.2 Å². The van der Waals surface area contributed by atoms with Gasteiger partial charge in [0.25, 0.3) is 5.56 Å². The number of nitrogens with zero attached hydrogens (tertiary/aromatic N) is 2. The molecule has 0 bridgehead atoms. The lowest BCUT2D eigenvalue weighted by Gasteiger charge is -2.26. The number of aliphatic imine (C=N–C) groups is 1. The quantitative estimate of drug-likeness (QED) is 0.584. The van der Waals surface area contributed by atoms with Crippen molar-refractivity contribution in [3.05, 3.63) is 80.1 Å². The summed E-state index contributed by atoms with van der Waals surface area (Å²) in [4.78, 5) is 17.5. The number of aliphatic hydroxyl groups is 1. The highest BCUT2D eigenvalue weighted by atomic mass is 35.5. The molecule has 148 valence electrons. The third kappa shape index (κ3) is 3.74. The fourth-order valence-electron chi connectivity index (χ4n) is 3.29. The van der Waals surface area contributed by atoms with Crippen LogP contribution in [0.1, 0.15) is 11.1 Å². The van der Waals surface area contributed by atoms with E-state index in [1.54, 1.807) is 37.5 Å². The molecule has 1 unspecified atom stereocenters. The molecule has 6 nitrogen and oxygen atoms in total. The van der Waals surface area contributed by atoms with Crippen LogP contribution in [0.15, 0.2) is 58.3 Å². The maximum absolute atomic E-state index is 13.0. The minimum absolute atomic E-state index is 0.0401. The molecule has 2 heterocycles. The van der Waals surface area contributed by atoms with Crippen LogP contribution >= 0.6 is 23.2 Å². The monoisotopic (exact) mass is 428 g/mol. The van der Waals surface area contributed by atoms with Gasteiger partial charge in [-0.15, -0.1) is 0 Å². The SMILES string of the molecule is Cn1c2c(cc(-c3c(Cl)cccc3Cl)c1=O)C=NC(Nc1cccc(CO)c1)N2. The van der Waals surface area contributed by atoms with Crippen molar-refractivity contribution in [3.63, 3.8) is 0 Å². The number of pyridine rings is 1. The van der Waals surface area contributed by atoms with Gasteiger partial charge in [-0.2, -0.15) is 0 Å². The predicted molar refractivity (Wildman–Crippen MR) is 118 cm³/mol. The molecular formula is C21H18Cl2N4O2. The molecule has 0 saturated heterocycles. The van der Waals surface area contributed by atoms with Gasteiger partial charge in [-0.1, -0.05) is 41.4 Å². The smallest absolute Gasteiger partial charge is 0.259 e. The van der Waals surface area contributed by atoms with Gasteiger partial charge in [-0.05, 0) is 35.9 Å². The van der Waals surface area contributed by atoms with E-state index >= 15 is 0 Å². The van der Waals surface area contributed by atoms with Crippen molar-refractivity contribution in [2.75, 3.05) is 10.6 Å². The first-order valence-corrected chi connectivity index (χ1v) is 9.68. The summed E-state index contributed by atoms with van der Waals surface area (Å²) in [6, 6.07) is 14.3. The first kappa shape index (κ1) is 19.5. The topological polar surface area (TPSA) is 78.7 Å². The van der Waals surface area contributed by atoms with Crippen LogP contribution in [-0.4, -0.2) is 22.2 Å². The summed E-state index contributed by atoms with van der Waals surface area (Å²) < 4.78 is 1.52. The summed E-state index contributed by atoms with van der Waals surface area (Å²) in [6.45, 7) is -0.0401. The van der Waals surface area contributed by atoms with E-state index < -0.39 is 6.29 Å². The van der Waals surface area contributed by atoms with Gasteiger partial charge in [-0.3, -0.25) is 9.36 Å². The van der Waals surface area contributed by atoms with E-state index in [9.17, 15) is 9.90 Å². The van der Waals surface area contributed by atoms with Gasteiger partial charge in [-0.25, -0.2) is 4.99 Å². The molecular weight excluding hydrogens is 411 g/mol. The molecule has 3 N–H and O–H groups in total. The number of hydrogen-bond acceptors (Lipinski definition) is 5. The van der Waals surface area contributed by atoms with Crippen LogP contribution in [0.4, 0.5) is 11.5 Å². The molecule has 3 aromatic rings. The Morgan fingerprint density at radius 3 is 2.62 bits per heavy atom. The van der Waals surface area contributed by atoms with E-state index in [2.05, 4.69) is 15.6 Å². The molecule has 0 radical (unpaired) electrons. The Bertz CT molecular complexity index is 1150. The third-order valence-electron chi connectivity index (χ3n) is 4.72. The van der Waals surface area contributed by atoms with Gasteiger partial charge < -0.3 is 15.7 Å². The minimum atomic E-state index is -0.461. The average Bonchev–Trinajstić information content (AvgIpc) is 2.72. The summed E-state index contributed by atoms with van der Waals surface area (Å²) in [5.41, 5.74) is 3.05. The lowest BCUT2D eigenvalue weighted by molar-refractivity contribution is 0.282. The predicted octanol–water partition coefficient (Wildman–Crippen LogP) is 4.09. The third-order valence-corrected chi connectivity index (χ3v) is 5.35. The van der Waals surface area contributed by atoms with Gasteiger partial charge in [0.15, 0.2) is 6.29 Å². The number of hydrogen-bond donors (Lipinski definition) is 3. The zero-order valence-corrected chi connectivity index (χ0v) is 17.0. The minimum Gasteiger partial charge on any atom is -0.392 e. The van der Waals surface area contributed by atoms with Crippen LogP contribution in [0.3, 0.4) is 0 Å². The highest BCUT2D eigenvalue weighted by molar-refractivity contribution is 6.39. The Balaban J connectivity index is 1.69. The molecule has 0 spiro atoms. The Kier molecular flexibility index (Phi) is 5.32. The van der Waals surface area contributed by atoms with E-state index in [4.69, 9.17) is 23.2 Å². The first-order chi connectivity index (χ1) is 14.0. The van der Waals surface area contributed by atoms with Crippen LogP contribution in [0.25, 0.3) is 11.1 Å². The van der Waals surface area contributed by atoms with E-state index in [1.807, 2.05) is 24.3 Å². The average molecular weight is 429 g/mol. The molecule has 0 aliphatic carbocycles. The number of rotatable bonds is 4. The zero-order valence-electron chi connectivity index (χ0n) is 15.5. The molecule has 8 heteroatoms. The molecule has 1 atom stereocenters. The number of halogens is 2. The Hall–Kier alpha value is -2.80. The number of fused-ring (bicyclic) bond motifs is 1. The van der Waals surface area contributed by atoms with Gasteiger partial charge in [0, 0.05) is 30.1 Å². The maximum atomic E-state index is 13.0. The second kappa shape index (κ2) is 7.91. The number of benzene rings is 2. The van der Waals surface area contributed by atoms with Crippen LogP contribution in [-0.2, 0) is 13.7 Å². The van der Waals surface area contributed by atoms with Crippen molar-refractivity contribution in [2.24, 2.45) is 12.0 Å². The molecule has 0 saturated carbocycles. The lowest BCUT2D eigenvalue weighted by Crippen LogP contribution is -2.34. The Labute approximate surface area is 177 Å². The summed E-state index contributed by atoms with van der Waals surface area (Å²) >= 11 is 12.6. The normalized spacial score (nSPS) is 15.0. The van der Waals surface area contributed by atoms with Gasteiger partial charge in [0.2, 0.25) is 0 Å². The van der Waals surface area contributed by atoms with E-state index in [0.29, 0.717) is 27.0 Å².